The summed E-state index contributed by atoms with van der Waals surface area (Å²) < 4.78 is 24.5. The quantitative estimate of drug-likeness (QED) is 0.491. The Morgan fingerprint density at radius 3 is 2.61 bits per heavy atom. The lowest BCUT2D eigenvalue weighted by Gasteiger charge is -2.39. The van der Waals surface area contributed by atoms with Crippen LogP contribution in [-0.2, 0) is 9.53 Å². The van der Waals surface area contributed by atoms with Crippen molar-refractivity contribution < 1.29 is 28.6 Å². The highest BCUT2D eigenvalue weighted by Gasteiger charge is 2.42. The normalized spacial score (nSPS) is 17.3. The van der Waals surface area contributed by atoms with Gasteiger partial charge in [-0.3, -0.25) is 0 Å². The highest BCUT2D eigenvalue weighted by atomic mass is 19.1. The highest BCUT2D eigenvalue weighted by molar-refractivity contribution is 5.97. The van der Waals surface area contributed by atoms with Crippen molar-refractivity contribution in [3.05, 3.63) is 54.1 Å². The molecule has 2 aliphatic rings. The van der Waals surface area contributed by atoms with Crippen LogP contribution in [0.2, 0.25) is 0 Å². The molecule has 0 saturated carbocycles. The maximum absolute atomic E-state index is 14.0. The molecule has 2 aromatic heterocycles. The van der Waals surface area contributed by atoms with Crippen LogP contribution in [0.25, 0.3) is 27.7 Å². The van der Waals surface area contributed by atoms with E-state index in [1.165, 1.54) is 12.1 Å². The fourth-order valence-corrected chi connectivity index (χ4v) is 5.15. The van der Waals surface area contributed by atoms with Gasteiger partial charge in [0.1, 0.15) is 17.2 Å². The first-order chi connectivity index (χ1) is 18.3. The minimum absolute atomic E-state index is 0.106. The predicted octanol–water partition coefficient (Wildman–Crippen LogP) is 3.98. The van der Waals surface area contributed by atoms with Gasteiger partial charge in [-0.2, -0.15) is 0 Å². The number of amides is 2. The Balaban J connectivity index is 1.30. The average Bonchev–Trinajstić information content (AvgIpc) is 3.38. The predicted molar refractivity (Wildman–Crippen MR) is 140 cm³/mol. The van der Waals surface area contributed by atoms with Crippen LogP contribution in [0.1, 0.15) is 31.9 Å². The smallest absolute Gasteiger partial charge is 0.338 e. The summed E-state index contributed by atoms with van der Waals surface area (Å²) in [6.07, 6.45) is 4.67. The molecule has 2 aliphatic heterocycles. The molecule has 0 atom stereocenters. The van der Waals surface area contributed by atoms with Crippen molar-refractivity contribution in [3.8, 4) is 16.9 Å². The summed E-state index contributed by atoms with van der Waals surface area (Å²) in [7, 11) is 1.56. The molecule has 1 saturated heterocycles. The van der Waals surface area contributed by atoms with Crippen molar-refractivity contribution >= 4 is 28.6 Å². The standard InChI is InChI=1S/C28H31FN4O5/c1-3-38-26(34)28(36)9-14-33(15-10-28)27(35)32-12-7-18(8-13-32)23-17-22-20(6-11-30-25(22)31-23)21-16-19(29)4-5-24(21)37-2/h4-7,11,16-17,36H,3,8-10,12-15H2,1-2H3,(H,30,31). The molecule has 0 aliphatic carbocycles. The Labute approximate surface area is 219 Å². The maximum atomic E-state index is 14.0. The van der Waals surface area contributed by atoms with E-state index in [0.29, 0.717) is 49.6 Å². The Morgan fingerprint density at radius 1 is 1.13 bits per heavy atom. The fourth-order valence-electron chi connectivity index (χ4n) is 5.15. The lowest BCUT2D eigenvalue weighted by molar-refractivity contribution is -0.169. The molecule has 38 heavy (non-hydrogen) atoms. The van der Waals surface area contributed by atoms with Crippen LogP contribution < -0.4 is 4.74 Å². The molecule has 9 nitrogen and oxygen atoms in total. The summed E-state index contributed by atoms with van der Waals surface area (Å²) >= 11 is 0. The van der Waals surface area contributed by atoms with Crippen molar-refractivity contribution in [2.24, 2.45) is 0 Å². The monoisotopic (exact) mass is 522 g/mol. The van der Waals surface area contributed by atoms with Crippen molar-refractivity contribution in [2.45, 2.75) is 31.8 Å². The van der Waals surface area contributed by atoms with Gasteiger partial charge in [-0.25, -0.2) is 19.0 Å². The first-order valence-corrected chi connectivity index (χ1v) is 12.8. The zero-order chi connectivity index (χ0) is 26.9. The third kappa shape index (κ3) is 4.83. The van der Waals surface area contributed by atoms with E-state index in [9.17, 15) is 19.1 Å². The van der Waals surface area contributed by atoms with Gasteiger partial charge < -0.3 is 29.4 Å². The lowest BCUT2D eigenvalue weighted by atomic mass is 9.91. The number of rotatable bonds is 5. The summed E-state index contributed by atoms with van der Waals surface area (Å²) in [6, 6.07) is 8.18. The number of hydrogen-bond acceptors (Lipinski definition) is 6. The number of hydrogen-bond donors (Lipinski definition) is 2. The van der Waals surface area contributed by atoms with Gasteiger partial charge in [-0.05, 0) is 54.8 Å². The zero-order valence-corrected chi connectivity index (χ0v) is 21.5. The second-order valence-electron chi connectivity index (χ2n) is 9.60. The number of pyridine rings is 1. The number of aromatic amines is 1. The number of benzene rings is 1. The number of methoxy groups -OCH3 is 1. The van der Waals surface area contributed by atoms with Crippen LogP contribution >= 0.6 is 0 Å². The Hall–Kier alpha value is -3.92. The van der Waals surface area contributed by atoms with Gasteiger partial charge in [0.2, 0.25) is 0 Å². The fraction of sp³-hybridized carbons (Fsp3) is 0.393. The van der Waals surface area contributed by atoms with E-state index >= 15 is 0 Å². The summed E-state index contributed by atoms with van der Waals surface area (Å²) in [5, 5.41) is 11.4. The van der Waals surface area contributed by atoms with Gasteiger partial charge in [0.05, 0.1) is 13.7 Å². The number of carbonyl (C=O) groups excluding carboxylic acids is 2. The number of carbonyl (C=O) groups is 2. The van der Waals surface area contributed by atoms with E-state index < -0.39 is 11.6 Å². The number of urea groups is 1. The van der Waals surface area contributed by atoms with Gasteiger partial charge >= 0.3 is 12.0 Å². The molecule has 2 N–H and O–H groups in total. The number of nitrogens with zero attached hydrogens (tertiary/aromatic N) is 3. The molecule has 3 aromatic rings. The number of likely N-dealkylation sites (tertiary alicyclic amines) is 1. The van der Waals surface area contributed by atoms with Gasteiger partial charge in [-0.1, -0.05) is 6.08 Å². The third-order valence-corrected chi connectivity index (χ3v) is 7.33. The van der Waals surface area contributed by atoms with Crippen LogP contribution in [0, 0.1) is 5.82 Å². The molecule has 4 heterocycles. The molecule has 1 aromatic carbocycles. The van der Waals surface area contributed by atoms with Gasteiger partial charge in [0.25, 0.3) is 0 Å². The van der Waals surface area contributed by atoms with Crippen molar-refractivity contribution in [1.82, 2.24) is 19.8 Å². The van der Waals surface area contributed by atoms with Gasteiger partial charge in [0.15, 0.2) is 5.60 Å². The number of aromatic nitrogens is 2. The molecule has 200 valence electrons. The van der Waals surface area contributed by atoms with Crippen LogP contribution in [0.3, 0.4) is 0 Å². The molecule has 5 rings (SSSR count). The van der Waals surface area contributed by atoms with Gasteiger partial charge in [0, 0.05) is 61.9 Å². The summed E-state index contributed by atoms with van der Waals surface area (Å²) in [6.45, 7) is 3.48. The van der Waals surface area contributed by atoms with E-state index in [1.807, 2.05) is 18.2 Å². The molecule has 1 fully saturated rings. The number of nitrogens with one attached hydrogen (secondary N) is 1. The molecule has 2 amide bonds. The van der Waals surface area contributed by atoms with E-state index in [0.717, 1.165) is 22.2 Å². The largest absolute Gasteiger partial charge is 0.496 e. The second-order valence-corrected chi connectivity index (χ2v) is 9.60. The number of fused-ring (bicyclic) bond motifs is 1. The first-order valence-electron chi connectivity index (χ1n) is 12.8. The Morgan fingerprint density at radius 2 is 1.92 bits per heavy atom. The van der Waals surface area contributed by atoms with Crippen LogP contribution in [-0.4, -0.2) is 82.4 Å². The minimum atomic E-state index is -1.53. The first kappa shape index (κ1) is 25.7. The number of halogens is 1. The maximum Gasteiger partial charge on any atom is 0.338 e. The van der Waals surface area contributed by atoms with E-state index in [4.69, 9.17) is 9.47 Å². The van der Waals surface area contributed by atoms with Gasteiger partial charge in [-0.15, -0.1) is 0 Å². The molecular weight excluding hydrogens is 491 g/mol. The van der Waals surface area contributed by atoms with E-state index in [-0.39, 0.29) is 31.3 Å². The van der Waals surface area contributed by atoms with E-state index in [2.05, 4.69) is 9.97 Å². The summed E-state index contributed by atoms with van der Waals surface area (Å²) in [5.41, 5.74) is 2.59. The summed E-state index contributed by atoms with van der Waals surface area (Å²) in [4.78, 5) is 36.4. The minimum Gasteiger partial charge on any atom is -0.496 e. The number of ether oxygens (including phenoxy) is 2. The zero-order valence-electron chi connectivity index (χ0n) is 21.5. The molecule has 0 radical (unpaired) electrons. The van der Waals surface area contributed by atoms with Crippen LogP contribution in [0.4, 0.5) is 9.18 Å². The number of piperidine rings is 1. The summed E-state index contributed by atoms with van der Waals surface area (Å²) in [5.74, 6) is -0.392. The molecule has 0 spiro atoms. The Bertz CT molecular complexity index is 1390. The second kappa shape index (κ2) is 10.4. The van der Waals surface area contributed by atoms with Crippen molar-refractivity contribution in [2.75, 3.05) is 39.9 Å². The SMILES string of the molecule is CCOC(=O)C1(O)CCN(C(=O)N2CC=C(c3cc4c(-c5cc(F)ccc5OC)ccnc4[nH]3)CC2)CC1. The lowest BCUT2D eigenvalue weighted by Crippen LogP contribution is -2.54. The molecule has 10 heteroatoms. The molecule has 0 unspecified atom stereocenters. The van der Waals surface area contributed by atoms with Crippen molar-refractivity contribution in [1.29, 1.82) is 0 Å². The van der Waals surface area contributed by atoms with Crippen LogP contribution in [0.5, 0.6) is 5.75 Å². The van der Waals surface area contributed by atoms with Crippen LogP contribution in [0.15, 0.2) is 42.6 Å². The number of aliphatic hydroxyl groups is 1. The Kier molecular flexibility index (Phi) is 7.07. The van der Waals surface area contributed by atoms with Crippen molar-refractivity contribution in [3.63, 3.8) is 0 Å². The third-order valence-electron chi connectivity index (χ3n) is 7.33. The average molecular weight is 523 g/mol. The molecular formula is C28H31FN4O5. The number of H-pyrrole nitrogens is 1. The topological polar surface area (TPSA) is 108 Å². The highest BCUT2D eigenvalue weighted by Crippen LogP contribution is 2.36. The van der Waals surface area contributed by atoms with E-state index in [1.54, 1.807) is 36.1 Å². The number of esters is 1. The molecule has 0 bridgehead atoms.